The van der Waals surface area contributed by atoms with Gasteiger partial charge in [0, 0.05) is 11.1 Å². The largest absolute Gasteiger partial charge is 0.391 e. The van der Waals surface area contributed by atoms with Gasteiger partial charge in [0.1, 0.15) is 0 Å². The molecule has 0 aliphatic heterocycles. The first-order valence-corrected chi connectivity index (χ1v) is 6.25. The van der Waals surface area contributed by atoms with E-state index in [-0.39, 0.29) is 5.78 Å². The van der Waals surface area contributed by atoms with Crippen LogP contribution < -0.4 is 0 Å². The summed E-state index contributed by atoms with van der Waals surface area (Å²) < 4.78 is 0. The van der Waals surface area contributed by atoms with E-state index < -0.39 is 5.60 Å². The third-order valence-electron chi connectivity index (χ3n) is 2.07. The van der Waals surface area contributed by atoms with E-state index in [1.54, 1.807) is 20.8 Å². The highest BCUT2D eigenvalue weighted by molar-refractivity contribution is 6.08. The monoisotopic (exact) mass is 256 g/mol. The number of rotatable bonds is 2. The Morgan fingerprint density at radius 2 is 1.05 bits per heavy atom. The second-order valence-corrected chi connectivity index (χ2v) is 5.23. The Kier molecular flexibility index (Phi) is 5.46. The minimum absolute atomic E-state index is 0.0752. The summed E-state index contributed by atoms with van der Waals surface area (Å²) in [5.41, 5.74) is 0.970. The summed E-state index contributed by atoms with van der Waals surface area (Å²) in [6.45, 7) is 5.23. The van der Waals surface area contributed by atoms with Crippen molar-refractivity contribution >= 4 is 5.78 Å². The Labute approximate surface area is 114 Å². The lowest BCUT2D eigenvalue weighted by Gasteiger charge is -2.04. The van der Waals surface area contributed by atoms with Crippen molar-refractivity contribution in [3.63, 3.8) is 0 Å². The van der Waals surface area contributed by atoms with E-state index in [1.807, 2.05) is 60.7 Å². The number of benzene rings is 2. The van der Waals surface area contributed by atoms with E-state index in [0.29, 0.717) is 0 Å². The third-order valence-corrected chi connectivity index (χ3v) is 2.07. The van der Waals surface area contributed by atoms with Crippen LogP contribution in [0.2, 0.25) is 0 Å². The van der Waals surface area contributed by atoms with Crippen molar-refractivity contribution in [2.75, 3.05) is 0 Å². The number of hydrogen-bond acceptors (Lipinski definition) is 2. The van der Waals surface area contributed by atoms with E-state index in [0.717, 1.165) is 11.1 Å². The van der Waals surface area contributed by atoms with Crippen molar-refractivity contribution in [3.05, 3.63) is 71.8 Å². The van der Waals surface area contributed by atoms with Crippen molar-refractivity contribution in [2.24, 2.45) is 0 Å². The molecule has 2 aromatic rings. The summed E-state index contributed by atoms with van der Waals surface area (Å²) in [7, 11) is 0. The van der Waals surface area contributed by atoms with Gasteiger partial charge < -0.3 is 5.11 Å². The van der Waals surface area contributed by atoms with Crippen molar-refractivity contribution in [1.29, 1.82) is 0 Å². The molecule has 0 bridgehead atoms. The topological polar surface area (TPSA) is 37.3 Å². The van der Waals surface area contributed by atoms with Gasteiger partial charge in [-0.15, -0.1) is 0 Å². The Bertz CT molecular complexity index is 448. The van der Waals surface area contributed by atoms with Crippen molar-refractivity contribution < 1.29 is 9.90 Å². The summed E-state index contributed by atoms with van der Waals surface area (Å²) in [6, 6.07) is 18.6. The zero-order valence-corrected chi connectivity index (χ0v) is 11.6. The highest BCUT2D eigenvalue weighted by Crippen LogP contribution is 2.08. The van der Waals surface area contributed by atoms with Crippen LogP contribution in [-0.2, 0) is 0 Å². The molecule has 0 heterocycles. The van der Waals surface area contributed by atoms with E-state index >= 15 is 0 Å². The molecule has 0 amide bonds. The first kappa shape index (κ1) is 15.1. The molecule has 0 radical (unpaired) electrons. The van der Waals surface area contributed by atoms with Gasteiger partial charge in [-0.3, -0.25) is 4.79 Å². The normalized spacial score (nSPS) is 10.3. The van der Waals surface area contributed by atoms with Crippen LogP contribution in [0.5, 0.6) is 0 Å². The van der Waals surface area contributed by atoms with Crippen LogP contribution in [0, 0.1) is 0 Å². The van der Waals surface area contributed by atoms with Gasteiger partial charge in [-0.2, -0.15) is 0 Å². The maximum Gasteiger partial charge on any atom is 0.193 e. The van der Waals surface area contributed by atoms with Gasteiger partial charge >= 0.3 is 0 Å². The SMILES string of the molecule is CC(C)(C)O.O=C(c1ccccc1)c1ccccc1. The van der Waals surface area contributed by atoms with Gasteiger partial charge in [0.05, 0.1) is 5.60 Å². The van der Waals surface area contributed by atoms with Gasteiger partial charge in [0.25, 0.3) is 0 Å². The smallest absolute Gasteiger partial charge is 0.193 e. The third kappa shape index (κ3) is 6.53. The molecule has 19 heavy (non-hydrogen) atoms. The predicted octanol–water partition coefficient (Wildman–Crippen LogP) is 3.69. The lowest BCUT2D eigenvalue weighted by atomic mass is 10.0. The summed E-state index contributed by atoms with van der Waals surface area (Å²) >= 11 is 0. The van der Waals surface area contributed by atoms with Crippen molar-refractivity contribution in [1.82, 2.24) is 0 Å². The summed E-state index contributed by atoms with van der Waals surface area (Å²) in [5.74, 6) is 0.0752. The van der Waals surface area contributed by atoms with Crippen LogP contribution in [0.3, 0.4) is 0 Å². The summed E-state index contributed by atoms with van der Waals surface area (Å²) in [4.78, 5) is 11.8. The zero-order valence-electron chi connectivity index (χ0n) is 11.6. The molecule has 0 fully saturated rings. The van der Waals surface area contributed by atoms with E-state index in [9.17, 15) is 4.79 Å². The molecule has 0 atom stereocenters. The van der Waals surface area contributed by atoms with E-state index in [1.165, 1.54) is 0 Å². The Balaban J connectivity index is 0.000000312. The lowest BCUT2D eigenvalue weighted by molar-refractivity contribution is 0.101. The standard InChI is InChI=1S/C13H10O.C4H10O/c14-13(11-7-3-1-4-8-11)12-9-5-2-6-10-12;1-4(2,3)5/h1-10H;5H,1-3H3. The molecule has 0 aliphatic rings. The molecule has 0 aromatic heterocycles. The van der Waals surface area contributed by atoms with Gasteiger partial charge in [0.2, 0.25) is 0 Å². The number of carbonyl (C=O) groups excluding carboxylic acids is 1. The molecule has 2 rings (SSSR count). The maximum atomic E-state index is 11.8. The van der Waals surface area contributed by atoms with Gasteiger partial charge in [-0.05, 0) is 20.8 Å². The molecule has 0 unspecified atom stereocenters. The van der Waals surface area contributed by atoms with Crippen molar-refractivity contribution in [2.45, 2.75) is 26.4 Å². The Hall–Kier alpha value is -1.93. The molecular weight excluding hydrogens is 236 g/mol. The van der Waals surface area contributed by atoms with Gasteiger partial charge in [-0.1, -0.05) is 60.7 Å². The van der Waals surface area contributed by atoms with Gasteiger partial charge in [0.15, 0.2) is 5.78 Å². The lowest BCUT2D eigenvalue weighted by Crippen LogP contribution is -2.10. The number of aliphatic hydroxyl groups is 1. The average Bonchev–Trinajstić information content (AvgIpc) is 2.38. The van der Waals surface area contributed by atoms with Crippen LogP contribution in [0.1, 0.15) is 36.7 Å². The van der Waals surface area contributed by atoms with Gasteiger partial charge in [-0.25, -0.2) is 0 Å². The minimum Gasteiger partial charge on any atom is -0.391 e. The maximum absolute atomic E-state index is 11.8. The molecule has 2 nitrogen and oxygen atoms in total. The van der Waals surface area contributed by atoms with Crippen LogP contribution in [0.25, 0.3) is 0 Å². The molecule has 0 aliphatic carbocycles. The number of carbonyl (C=O) groups is 1. The molecule has 2 heteroatoms. The van der Waals surface area contributed by atoms with Crippen LogP contribution in [-0.4, -0.2) is 16.5 Å². The second kappa shape index (κ2) is 6.86. The highest BCUT2D eigenvalue weighted by atomic mass is 16.3. The molecular formula is C17H20O2. The average molecular weight is 256 g/mol. The minimum atomic E-state index is -0.500. The first-order chi connectivity index (χ1) is 8.88. The van der Waals surface area contributed by atoms with Crippen molar-refractivity contribution in [3.8, 4) is 0 Å². The Morgan fingerprint density at radius 1 is 0.789 bits per heavy atom. The van der Waals surface area contributed by atoms with Crippen LogP contribution in [0.4, 0.5) is 0 Å². The fourth-order valence-electron chi connectivity index (χ4n) is 1.35. The second-order valence-electron chi connectivity index (χ2n) is 5.23. The van der Waals surface area contributed by atoms with E-state index in [2.05, 4.69) is 0 Å². The molecule has 100 valence electrons. The number of hydrogen-bond donors (Lipinski definition) is 1. The first-order valence-electron chi connectivity index (χ1n) is 6.25. The Morgan fingerprint density at radius 3 is 1.32 bits per heavy atom. The summed E-state index contributed by atoms with van der Waals surface area (Å²) in [5, 5.41) is 8.52. The van der Waals surface area contributed by atoms with E-state index in [4.69, 9.17) is 5.11 Å². The number of ketones is 1. The van der Waals surface area contributed by atoms with Crippen LogP contribution >= 0.6 is 0 Å². The summed E-state index contributed by atoms with van der Waals surface area (Å²) in [6.07, 6.45) is 0. The predicted molar refractivity (Wildman–Crippen MR) is 78.3 cm³/mol. The molecule has 0 saturated heterocycles. The molecule has 0 saturated carbocycles. The highest BCUT2D eigenvalue weighted by Gasteiger charge is 2.06. The molecule has 1 N–H and O–H groups in total. The van der Waals surface area contributed by atoms with Crippen LogP contribution in [0.15, 0.2) is 60.7 Å². The zero-order chi connectivity index (χ0) is 14.3. The quantitative estimate of drug-likeness (QED) is 0.832. The molecule has 2 aromatic carbocycles. The fraction of sp³-hybridized carbons (Fsp3) is 0.235. The molecule has 0 spiro atoms. The fourth-order valence-corrected chi connectivity index (χ4v) is 1.35.